The van der Waals surface area contributed by atoms with Crippen LogP contribution >= 0.6 is 0 Å². The third-order valence-electron chi connectivity index (χ3n) is 5.20. The van der Waals surface area contributed by atoms with Crippen LogP contribution in [0.2, 0.25) is 0 Å². The monoisotopic (exact) mass is 311 g/mol. The quantitative estimate of drug-likeness (QED) is 0.818. The van der Waals surface area contributed by atoms with E-state index in [1.807, 2.05) is 22.9 Å². The molecule has 3 unspecified atom stereocenters. The van der Waals surface area contributed by atoms with E-state index in [4.69, 9.17) is 12.6 Å². The Kier molecular flexibility index (Phi) is 3.17. The number of ether oxygens (including phenoxy) is 1. The molecule has 4 nitrogen and oxygen atoms in total. The highest BCUT2D eigenvalue weighted by atomic mass is 19.1. The maximum absolute atomic E-state index is 15.2. The van der Waals surface area contributed by atoms with Gasteiger partial charge in [-0.3, -0.25) is 0 Å². The fraction of sp³-hybridized carbons (Fsp3) is 0.529. The predicted molar refractivity (Wildman–Crippen MR) is 85.1 cm³/mol. The highest BCUT2D eigenvalue weighted by Gasteiger charge is 2.54. The Bertz CT molecular complexity index is 727. The Labute approximate surface area is 136 Å². The summed E-state index contributed by atoms with van der Waals surface area (Å²) in [7, 11) is 5.98. The van der Waals surface area contributed by atoms with Gasteiger partial charge in [0.05, 0.1) is 19.3 Å². The number of aromatic nitrogens is 3. The molecule has 2 aromatic rings. The Morgan fingerprint density at radius 3 is 2.65 bits per heavy atom. The molecule has 0 spiro atoms. The molecule has 0 N–H and O–H groups in total. The van der Waals surface area contributed by atoms with Crippen molar-refractivity contribution >= 4 is 7.85 Å². The summed E-state index contributed by atoms with van der Waals surface area (Å²) in [6.07, 6.45) is 0.920. The standard InChI is InChI=1S/C17H19BFN3O/c1-11-8-13(12-6-4-3-5-7-12)22-14(11)20-15(21-22)17(18,19)16(2)9-23-10-16/h3-7,11,13H,8-10H2,1-2H3. The van der Waals surface area contributed by atoms with Crippen LogP contribution in [-0.4, -0.2) is 35.8 Å². The van der Waals surface area contributed by atoms with Gasteiger partial charge in [-0.05, 0) is 12.0 Å². The van der Waals surface area contributed by atoms with Gasteiger partial charge in [-0.25, -0.2) is 14.1 Å². The van der Waals surface area contributed by atoms with E-state index >= 15 is 4.39 Å². The molecule has 23 heavy (non-hydrogen) atoms. The molecule has 4 rings (SSSR count). The zero-order chi connectivity index (χ0) is 16.2. The minimum atomic E-state index is -2.08. The SMILES string of the molecule is [B]C(F)(c1nc2n(n1)C(c1ccccc1)CC2C)C1(C)COC1. The minimum Gasteiger partial charge on any atom is -0.380 e. The van der Waals surface area contributed by atoms with E-state index in [9.17, 15) is 0 Å². The van der Waals surface area contributed by atoms with Crippen LogP contribution in [0.3, 0.4) is 0 Å². The van der Waals surface area contributed by atoms with Crippen molar-refractivity contribution in [3.05, 3.63) is 47.5 Å². The second-order valence-electron chi connectivity index (χ2n) is 7.07. The lowest BCUT2D eigenvalue weighted by Gasteiger charge is -2.46. The molecule has 0 aliphatic carbocycles. The van der Waals surface area contributed by atoms with Crippen molar-refractivity contribution < 1.29 is 9.13 Å². The van der Waals surface area contributed by atoms with E-state index in [1.54, 1.807) is 6.92 Å². The molecule has 6 heteroatoms. The lowest BCUT2D eigenvalue weighted by molar-refractivity contribution is -0.159. The number of hydrogen-bond donors (Lipinski definition) is 0. The van der Waals surface area contributed by atoms with Gasteiger partial charge < -0.3 is 4.74 Å². The van der Waals surface area contributed by atoms with E-state index in [0.717, 1.165) is 17.8 Å². The van der Waals surface area contributed by atoms with Crippen LogP contribution in [0.1, 0.15) is 49.4 Å². The number of fused-ring (bicyclic) bond motifs is 1. The Balaban J connectivity index is 1.74. The van der Waals surface area contributed by atoms with Crippen molar-refractivity contribution in [2.75, 3.05) is 13.2 Å². The summed E-state index contributed by atoms with van der Waals surface area (Å²) in [5.41, 5.74) is -1.68. The van der Waals surface area contributed by atoms with E-state index in [2.05, 4.69) is 29.1 Å². The van der Waals surface area contributed by atoms with Gasteiger partial charge >= 0.3 is 0 Å². The van der Waals surface area contributed by atoms with Crippen LogP contribution in [0.4, 0.5) is 4.39 Å². The molecule has 0 bridgehead atoms. The number of rotatable bonds is 3. The summed E-state index contributed by atoms with van der Waals surface area (Å²) >= 11 is 0. The minimum absolute atomic E-state index is 0.0748. The number of benzene rings is 1. The summed E-state index contributed by atoms with van der Waals surface area (Å²) in [5.74, 6) is 1.11. The first-order chi connectivity index (χ1) is 10.9. The lowest BCUT2D eigenvalue weighted by atomic mass is 9.61. The normalized spacial score (nSPS) is 28.0. The van der Waals surface area contributed by atoms with E-state index in [-0.39, 0.29) is 17.8 Å². The van der Waals surface area contributed by atoms with Gasteiger partial charge in [-0.15, -0.1) is 0 Å². The largest absolute Gasteiger partial charge is 0.380 e. The van der Waals surface area contributed by atoms with Gasteiger partial charge in [-0.1, -0.05) is 44.2 Å². The van der Waals surface area contributed by atoms with Crippen molar-refractivity contribution in [3.8, 4) is 0 Å². The number of alkyl halides is 1. The summed E-state index contributed by atoms with van der Waals surface area (Å²) in [6.45, 7) is 4.46. The highest BCUT2D eigenvalue weighted by Crippen LogP contribution is 2.46. The Hall–Kier alpha value is -1.69. The Morgan fingerprint density at radius 1 is 1.35 bits per heavy atom. The molecule has 1 aromatic carbocycles. The van der Waals surface area contributed by atoms with E-state index in [1.165, 1.54) is 0 Å². The average molecular weight is 311 g/mol. The van der Waals surface area contributed by atoms with Crippen LogP contribution in [0.25, 0.3) is 0 Å². The first-order valence-electron chi connectivity index (χ1n) is 8.00. The Morgan fingerprint density at radius 2 is 2.04 bits per heavy atom. The maximum atomic E-state index is 15.2. The van der Waals surface area contributed by atoms with E-state index < -0.39 is 11.0 Å². The summed E-state index contributed by atoms with van der Waals surface area (Å²) < 4.78 is 22.2. The molecule has 0 amide bonds. The molecule has 1 fully saturated rings. The summed E-state index contributed by atoms with van der Waals surface area (Å²) in [6, 6.07) is 10.2. The number of hydrogen-bond acceptors (Lipinski definition) is 3. The second-order valence-corrected chi connectivity index (χ2v) is 7.07. The zero-order valence-electron chi connectivity index (χ0n) is 13.4. The summed E-state index contributed by atoms with van der Waals surface area (Å²) in [5, 5.41) is 4.47. The molecule has 1 saturated heterocycles. The van der Waals surface area contributed by atoms with Crippen LogP contribution in [0.5, 0.6) is 0 Å². The molecule has 118 valence electrons. The van der Waals surface area contributed by atoms with Crippen LogP contribution in [0.15, 0.2) is 30.3 Å². The van der Waals surface area contributed by atoms with Gasteiger partial charge in [0.15, 0.2) is 5.82 Å². The van der Waals surface area contributed by atoms with Crippen LogP contribution in [-0.2, 0) is 10.3 Å². The molecule has 1 aromatic heterocycles. The van der Waals surface area contributed by atoms with Gasteiger partial charge in [0, 0.05) is 11.3 Å². The molecule has 3 atom stereocenters. The molecule has 2 aliphatic heterocycles. The van der Waals surface area contributed by atoms with Gasteiger partial charge in [-0.2, -0.15) is 5.10 Å². The first kappa shape index (κ1) is 14.9. The molecule has 2 radical (unpaired) electrons. The topological polar surface area (TPSA) is 39.9 Å². The van der Waals surface area contributed by atoms with Gasteiger partial charge in [0.25, 0.3) is 0 Å². The van der Waals surface area contributed by atoms with Crippen molar-refractivity contribution in [1.29, 1.82) is 0 Å². The zero-order valence-corrected chi connectivity index (χ0v) is 13.4. The third kappa shape index (κ3) is 2.07. The third-order valence-corrected chi connectivity index (χ3v) is 5.20. The van der Waals surface area contributed by atoms with E-state index in [0.29, 0.717) is 13.2 Å². The number of nitrogens with zero attached hydrogens (tertiary/aromatic N) is 3. The fourth-order valence-corrected chi connectivity index (χ4v) is 3.44. The lowest BCUT2D eigenvalue weighted by Crippen LogP contribution is -2.54. The molecular formula is C17H19BFN3O. The maximum Gasteiger partial charge on any atom is 0.179 e. The first-order valence-corrected chi connectivity index (χ1v) is 8.00. The van der Waals surface area contributed by atoms with Crippen LogP contribution < -0.4 is 0 Å². The number of halogens is 1. The van der Waals surface area contributed by atoms with Crippen molar-refractivity contribution in [2.24, 2.45) is 5.41 Å². The molecular weight excluding hydrogens is 292 g/mol. The average Bonchev–Trinajstić information content (AvgIpc) is 3.07. The second kappa shape index (κ2) is 4.90. The van der Waals surface area contributed by atoms with Gasteiger partial charge in [0.2, 0.25) is 0 Å². The fourth-order valence-electron chi connectivity index (χ4n) is 3.44. The highest BCUT2D eigenvalue weighted by molar-refractivity contribution is 6.15. The van der Waals surface area contributed by atoms with Crippen molar-refractivity contribution in [2.45, 2.75) is 37.8 Å². The predicted octanol–water partition coefficient (Wildman–Crippen LogP) is 2.70. The van der Waals surface area contributed by atoms with Crippen molar-refractivity contribution in [1.82, 2.24) is 14.8 Å². The molecule has 3 heterocycles. The summed E-state index contributed by atoms with van der Waals surface area (Å²) in [4.78, 5) is 4.46. The molecule has 2 aliphatic rings. The van der Waals surface area contributed by atoms with Crippen molar-refractivity contribution in [3.63, 3.8) is 0 Å². The van der Waals surface area contributed by atoms with Crippen LogP contribution in [0, 0.1) is 5.41 Å². The smallest absolute Gasteiger partial charge is 0.179 e. The molecule has 0 saturated carbocycles. The van der Waals surface area contributed by atoms with Gasteiger partial charge in [0.1, 0.15) is 19.2 Å².